The monoisotopic (exact) mass is 345 g/mol. The normalized spacial score (nSPS) is 13.0. The standard InChI is InChI=1S/C18H23N3O4/c1-11(14-5-7-15(24-4)8-6-14)9-17(22)19-13(3)18(23)20-16-10-12(2)25-21-16/h5-8,10-11,13H,9H2,1-4H3,(H,19,22)(H,20,21,23)/t11?,13-/m1/s1. The summed E-state index contributed by atoms with van der Waals surface area (Å²) in [4.78, 5) is 24.2. The Bertz CT molecular complexity index is 724. The summed E-state index contributed by atoms with van der Waals surface area (Å²) >= 11 is 0. The maximum atomic E-state index is 12.2. The number of amides is 2. The van der Waals surface area contributed by atoms with Crippen LogP contribution < -0.4 is 15.4 Å². The number of ether oxygens (including phenoxy) is 1. The number of carbonyl (C=O) groups is 2. The smallest absolute Gasteiger partial charge is 0.247 e. The first-order valence-corrected chi connectivity index (χ1v) is 8.06. The molecule has 0 saturated carbocycles. The summed E-state index contributed by atoms with van der Waals surface area (Å²) < 4.78 is 10.0. The zero-order valence-electron chi connectivity index (χ0n) is 14.8. The summed E-state index contributed by atoms with van der Waals surface area (Å²) in [6, 6.07) is 8.52. The highest BCUT2D eigenvalue weighted by molar-refractivity contribution is 5.96. The predicted octanol–water partition coefficient (Wildman–Crippen LogP) is 2.63. The van der Waals surface area contributed by atoms with Crippen molar-refractivity contribution >= 4 is 17.6 Å². The fraction of sp³-hybridized carbons (Fsp3) is 0.389. The molecule has 7 heteroatoms. The number of aromatic nitrogens is 1. The lowest BCUT2D eigenvalue weighted by Gasteiger charge is -2.16. The number of nitrogens with zero attached hydrogens (tertiary/aromatic N) is 1. The van der Waals surface area contributed by atoms with Crippen LogP contribution in [0.15, 0.2) is 34.9 Å². The van der Waals surface area contributed by atoms with Crippen molar-refractivity contribution in [1.82, 2.24) is 10.5 Å². The fourth-order valence-corrected chi connectivity index (χ4v) is 2.35. The van der Waals surface area contributed by atoms with E-state index in [4.69, 9.17) is 9.26 Å². The SMILES string of the molecule is COc1ccc(C(C)CC(=O)N[C@H](C)C(=O)Nc2cc(C)on2)cc1. The molecule has 0 spiro atoms. The highest BCUT2D eigenvalue weighted by Gasteiger charge is 2.19. The second kappa shape index (κ2) is 8.32. The minimum absolute atomic E-state index is 0.0272. The Hall–Kier alpha value is -2.83. The van der Waals surface area contributed by atoms with E-state index >= 15 is 0 Å². The number of hydrogen-bond donors (Lipinski definition) is 2. The lowest BCUT2D eigenvalue weighted by Crippen LogP contribution is -2.41. The van der Waals surface area contributed by atoms with Crippen LogP contribution in [0, 0.1) is 6.92 Å². The van der Waals surface area contributed by atoms with Gasteiger partial charge in [-0.15, -0.1) is 0 Å². The van der Waals surface area contributed by atoms with E-state index in [0.717, 1.165) is 11.3 Å². The highest BCUT2D eigenvalue weighted by atomic mass is 16.5. The topological polar surface area (TPSA) is 93.5 Å². The lowest BCUT2D eigenvalue weighted by atomic mass is 9.97. The van der Waals surface area contributed by atoms with Gasteiger partial charge in [0.1, 0.15) is 17.6 Å². The largest absolute Gasteiger partial charge is 0.497 e. The van der Waals surface area contributed by atoms with Gasteiger partial charge in [0.25, 0.3) is 0 Å². The molecule has 2 N–H and O–H groups in total. The minimum Gasteiger partial charge on any atom is -0.497 e. The van der Waals surface area contributed by atoms with E-state index in [0.29, 0.717) is 11.6 Å². The molecule has 7 nitrogen and oxygen atoms in total. The molecule has 2 amide bonds. The quantitative estimate of drug-likeness (QED) is 0.804. The molecule has 2 aromatic rings. The second-order valence-corrected chi connectivity index (χ2v) is 5.98. The Balaban J connectivity index is 1.84. The molecule has 1 heterocycles. The average molecular weight is 345 g/mol. The number of nitrogens with one attached hydrogen (secondary N) is 2. The zero-order valence-corrected chi connectivity index (χ0v) is 14.8. The summed E-state index contributed by atoms with van der Waals surface area (Å²) in [6.45, 7) is 5.32. The van der Waals surface area contributed by atoms with Crippen LogP contribution >= 0.6 is 0 Å². The van der Waals surface area contributed by atoms with E-state index in [9.17, 15) is 9.59 Å². The molecule has 0 aliphatic rings. The van der Waals surface area contributed by atoms with Gasteiger partial charge >= 0.3 is 0 Å². The molecule has 0 radical (unpaired) electrons. The van der Waals surface area contributed by atoms with Crippen LogP contribution in [0.4, 0.5) is 5.82 Å². The van der Waals surface area contributed by atoms with Crippen molar-refractivity contribution in [2.45, 2.75) is 39.2 Å². The molecule has 0 aliphatic carbocycles. The first-order chi connectivity index (χ1) is 11.9. The van der Waals surface area contributed by atoms with Gasteiger partial charge in [-0.3, -0.25) is 9.59 Å². The number of rotatable bonds is 7. The van der Waals surface area contributed by atoms with Gasteiger partial charge in [0.05, 0.1) is 7.11 Å². The van der Waals surface area contributed by atoms with Crippen molar-refractivity contribution in [2.24, 2.45) is 0 Å². The van der Waals surface area contributed by atoms with Gasteiger partial charge in [-0.25, -0.2) is 0 Å². The predicted molar refractivity (Wildman–Crippen MR) is 93.5 cm³/mol. The van der Waals surface area contributed by atoms with Crippen molar-refractivity contribution in [3.8, 4) is 5.75 Å². The molecule has 0 saturated heterocycles. The van der Waals surface area contributed by atoms with Crippen LogP contribution in [0.1, 0.15) is 37.5 Å². The molecular formula is C18H23N3O4. The van der Waals surface area contributed by atoms with E-state index in [1.165, 1.54) is 0 Å². The molecule has 0 fully saturated rings. The van der Waals surface area contributed by atoms with Gasteiger partial charge < -0.3 is 19.9 Å². The van der Waals surface area contributed by atoms with Gasteiger partial charge in [0.2, 0.25) is 11.8 Å². The molecule has 0 aliphatic heterocycles. The third kappa shape index (κ3) is 5.34. The van der Waals surface area contributed by atoms with Crippen molar-refractivity contribution in [1.29, 1.82) is 0 Å². The van der Waals surface area contributed by atoms with E-state index in [-0.39, 0.29) is 24.2 Å². The Morgan fingerprint density at radius 3 is 2.48 bits per heavy atom. The fourth-order valence-electron chi connectivity index (χ4n) is 2.35. The van der Waals surface area contributed by atoms with Crippen molar-refractivity contribution < 1.29 is 18.8 Å². The molecule has 2 rings (SSSR count). The molecule has 134 valence electrons. The minimum atomic E-state index is -0.674. The number of hydrogen-bond acceptors (Lipinski definition) is 5. The Morgan fingerprint density at radius 2 is 1.92 bits per heavy atom. The van der Waals surface area contributed by atoms with Crippen LogP contribution in [0.25, 0.3) is 0 Å². The van der Waals surface area contributed by atoms with Crippen molar-refractivity contribution in [3.05, 3.63) is 41.7 Å². The van der Waals surface area contributed by atoms with Crippen LogP contribution in [0.3, 0.4) is 0 Å². The van der Waals surface area contributed by atoms with Gasteiger partial charge in [0, 0.05) is 12.5 Å². The number of carbonyl (C=O) groups excluding carboxylic acids is 2. The summed E-state index contributed by atoms with van der Waals surface area (Å²) in [7, 11) is 1.61. The van der Waals surface area contributed by atoms with Gasteiger partial charge in [-0.2, -0.15) is 0 Å². The van der Waals surface area contributed by atoms with E-state index < -0.39 is 6.04 Å². The Morgan fingerprint density at radius 1 is 1.24 bits per heavy atom. The zero-order chi connectivity index (χ0) is 18.4. The molecular weight excluding hydrogens is 322 g/mol. The summed E-state index contributed by atoms with van der Waals surface area (Å²) in [6.07, 6.45) is 0.285. The molecule has 1 aromatic heterocycles. The maximum Gasteiger partial charge on any atom is 0.247 e. The van der Waals surface area contributed by atoms with Gasteiger partial charge in [0.15, 0.2) is 5.82 Å². The highest BCUT2D eigenvalue weighted by Crippen LogP contribution is 2.21. The van der Waals surface area contributed by atoms with E-state index in [1.54, 1.807) is 27.0 Å². The first-order valence-electron chi connectivity index (χ1n) is 8.06. The lowest BCUT2D eigenvalue weighted by molar-refractivity contribution is -0.126. The Labute approximate surface area is 146 Å². The van der Waals surface area contributed by atoms with Gasteiger partial charge in [-0.05, 0) is 37.5 Å². The second-order valence-electron chi connectivity index (χ2n) is 5.98. The van der Waals surface area contributed by atoms with Crippen LogP contribution in [0.2, 0.25) is 0 Å². The molecule has 2 atom stereocenters. The first kappa shape index (κ1) is 18.5. The third-order valence-electron chi connectivity index (χ3n) is 3.83. The van der Waals surface area contributed by atoms with Gasteiger partial charge in [-0.1, -0.05) is 24.2 Å². The summed E-state index contributed by atoms with van der Waals surface area (Å²) in [5.41, 5.74) is 1.03. The summed E-state index contributed by atoms with van der Waals surface area (Å²) in [5.74, 6) is 1.18. The maximum absolute atomic E-state index is 12.2. The van der Waals surface area contributed by atoms with Crippen molar-refractivity contribution in [3.63, 3.8) is 0 Å². The summed E-state index contributed by atoms with van der Waals surface area (Å²) in [5, 5.41) is 8.98. The van der Waals surface area contributed by atoms with Crippen LogP contribution in [-0.2, 0) is 9.59 Å². The number of anilines is 1. The van der Waals surface area contributed by atoms with E-state index in [2.05, 4.69) is 15.8 Å². The molecule has 0 bridgehead atoms. The number of methoxy groups -OCH3 is 1. The van der Waals surface area contributed by atoms with E-state index in [1.807, 2.05) is 31.2 Å². The average Bonchev–Trinajstić information content (AvgIpc) is 2.99. The number of aryl methyl sites for hydroxylation is 1. The third-order valence-corrected chi connectivity index (χ3v) is 3.83. The van der Waals surface area contributed by atoms with Crippen LogP contribution in [-0.4, -0.2) is 30.1 Å². The number of benzene rings is 1. The van der Waals surface area contributed by atoms with Crippen molar-refractivity contribution in [2.75, 3.05) is 12.4 Å². The Kier molecular flexibility index (Phi) is 6.16. The molecule has 1 unspecified atom stereocenters. The van der Waals surface area contributed by atoms with Crippen LogP contribution in [0.5, 0.6) is 5.75 Å². The molecule has 1 aromatic carbocycles. The molecule has 25 heavy (non-hydrogen) atoms.